The molecule has 0 saturated carbocycles. The van der Waals surface area contributed by atoms with Gasteiger partial charge in [0.2, 0.25) is 5.91 Å². The van der Waals surface area contributed by atoms with E-state index < -0.39 is 0 Å². The van der Waals surface area contributed by atoms with Crippen LogP contribution in [0.25, 0.3) is 5.69 Å². The molecule has 6 rings (SSSR count). The van der Waals surface area contributed by atoms with Gasteiger partial charge in [0.25, 0.3) is 0 Å². The molecule has 0 spiro atoms. The van der Waals surface area contributed by atoms with Gasteiger partial charge >= 0.3 is 0 Å². The zero-order chi connectivity index (χ0) is 31.0. The highest BCUT2D eigenvalue weighted by Gasteiger charge is 2.42. The van der Waals surface area contributed by atoms with Crippen LogP contribution >= 0.6 is 12.2 Å². The molecule has 2 aromatic heterocycles. The summed E-state index contributed by atoms with van der Waals surface area (Å²) in [5, 5.41) is 7.28. The Hall–Kier alpha value is -4.21. The third-order valence-electron chi connectivity index (χ3n) is 8.64. The zero-order valence-corrected chi connectivity index (χ0v) is 26.8. The minimum atomic E-state index is -0.151. The van der Waals surface area contributed by atoms with Crippen LogP contribution in [-0.4, -0.2) is 46.9 Å². The lowest BCUT2D eigenvalue weighted by molar-refractivity contribution is -0.118. The zero-order valence-electron chi connectivity index (χ0n) is 26.0. The summed E-state index contributed by atoms with van der Waals surface area (Å²) in [5.41, 5.74) is 9.50. The molecule has 44 heavy (non-hydrogen) atoms. The van der Waals surface area contributed by atoms with Crippen molar-refractivity contribution in [3.63, 3.8) is 0 Å². The number of thiocarbonyl (C=S) groups is 1. The van der Waals surface area contributed by atoms with E-state index in [-0.39, 0.29) is 23.9 Å². The van der Waals surface area contributed by atoms with Gasteiger partial charge in [-0.1, -0.05) is 19.9 Å². The number of benzene rings is 2. The fourth-order valence-corrected chi connectivity index (χ4v) is 6.63. The van der Waals surface area contributed by atoms with E-state index in [1.807, 2.05) is 51.2 Å². The van der Waals surface area contributed by atoms with Crippen LogP contribution in [0.15, 0.2) is 72.9 Å². The molecule has 0 unspecified atom stereocenters. The maximum Gasteiger partial charge on any atom is 0.226 e. The monoisotopic (exact) mass is 608 g/mol. The number of rotatable bonds is 7. The Kier molecular flexibility index (Phi) is 8.42. The van der Waals surface area contributed by atoms with E-state index >= 15 is 0 Å². The Labute approximate surface area is 265 Å². The number of aryl methyl sites for hydroxylation is 2. The number of nitrogens with one attached hydrogen (secondary N) is 2. The maximum absolute atomic E-state index is 12.4. The first kappa shape index (κ1) is 29.8. The van der Waals surface area contributed by atoms with Crippen LogP contribution in [0.5, 0.6) is 0 Å². The number of aromatic nitrogens is 2. The summed E-state index contributed by atoms with van der Waals surface area (Å²) >= 11 is 6.01. The molecule has 228 valence electrons. The van der Waals surface area contributed by atoms with Gasteiger partial charge in [-0.2, -0.15) is 0 Å². The van der Waals surface area contributed by atoms with Crippen molar-refractivity contribution in [3.8, 4) is 5.69 Å². The van der Waals surface area contributed by atoms with Crippen molar-refractivity contribution in [2.24, 2.45) is 5.92 Å². The smallest absolute Gasteiger partial charge is 0.226 e. The first-order chi connectivity index (χ1) is 21.2. The number of amides is 1. The van der Waals surface area contributed by atoms with Crippen LogP contribution in [-0.2, 0) is 9.53 Å². The molecule has 4 aromatic rings. The molecule has 0 bridgehead atoms. The predicted octanol–water partition coefficient (Wildman–Crippen LogP) is 6.41. The molecule has 2 aliphatic rings. The number of hydrogen-bond acceptors (Lipinski definition) is 5. The van der Waals surface area contributed by atoms with Gasteiger partial charge in [-0.25, -0.2) is 0 Å². The second kappa shape index (κ2) is 12.4. The van der Waals surface area contributed by atoms with Crippen LogP contribution in [0.4, 0.5) is 17.1 Å². The van der Waals surface area contributed by atoms with E-state index in [1.54, 1.807) is 0 Å². The molecule has 9 heteroatoms. The van der Waals surface area contributed by atoms with E-state index in [0.717, 1.165) is 66.0 Å². The van der Waals surface area contributed by atoms with Crippen molar-refractivity contribution < 1.29 is 9.53 Å². The van der Waals surface area contributed by atoms with E-state index in [9.17, 15) is 4.79 Å². The average molecular weight is 609 g/mol. The molecule has 4 heterocycles. The topological polar surface area (TPSA) is 74.7 Å². The first-order valence-corrected chi connectivity index (χ1v) is 15.7. The van der Waals surface area contributed by atoms with Crippen LogP contribution in [0.3, 0.4) is 0 Å². The average Bonchev–Trinajstić information content (AvgIpc) is 3.53. The van der Waals surface area contributed by atoms with E-state index in [4.69, 9.17) is 21.9 Å². The molecule has 2 aliphatic heterocycles. The summed E-state index contributed by atoms with van der Waals surface area (Å²) in [6, 6.07) is 22.9. The van der Waals surface area contributed by atoms with Gasteiger partial charge in [-0.15, -0.1) is 0 Å². The number of nitrogens with zero attached hydrogens (tertiary/aromatic N) is 4. The summed E-state index contributed by atoms with van der Waals surface area (Å²) in [5.74, 6) is -0.100. The van der Waals surface area contributed by atoms with E-state index in [0.29, 0.717) is 5.11 Å². The number of ether oxygens (including phenoxy) is 1. The molecular weight excluding hydrogens is 568 g/mol. The van der Waals surface area contributed by atoms with Crippen molar-refractivity contribution in [2.75, 3.05) is 41.4 Å². The molecule has 2 saturated heterocycles. The van der Waals surface area contributed by atoms with Crippen molar-refractivity contribution in [2.45, 2.75) is 46.7 Å². The Morgan fingerprint density at radius 2 is 1.68 bits per heavy atom. The standard InChI is InChI=1S/C35H40N6O2S/c1-22(2)34(42)37-30-14-13-28(20-23(30)3)41-33(32(38-35(41)44)31-8-6-7-15-36-31)29-21-24(4)40(25(29)5)27-11-9-26(10-12-27)39-16-18-43-19-17-39/h6-15,20-22,32-33H,16-19H2,1-5H3,(H,37,42)(H,38,44)/t32-,33+/m1/s1. The number of morpholine rings is 1. The molecule has 2 aromatic carbocycles. The van der Waals surface area contributed by atoms with Gasteiger partial charge in [-0.05, 0) is 105 Å². The molecule has 8 nitrogen and oxygen atoms in total. The van der Waals surface area contributed by atoms with Crippen molar-refractivity contribution in [1.29, 1.82) is 0 Å². The fourth-order valence-electron chi connectivity index (χ4n) is 6.28. The lowest BCUT2D eigenvalue weighted by Gasteiger charge is -2.29. The van der Waals surface area contributed by atoms with Crippen LogP contribution < -0.4 is 20.4 Å². The van der Waals surface area contributed by atoms with E-state index in [2.05, 4.69) is 81.3 Å². The van der Waals surface area contributed by atoms with Gasteiger partial charge in [-0.3, -0.25) is 9.78 Å². The third-order valence-corrected chi connectivity index (χ3v) is 8.96. The van der Waals surface area contributed by atoms with Crippen LogP contribution in [0.1, 0.15) is 54.1 Å². The quantitative estimate of drug-likeness (QED) is 0.235. The van der Waals surface area contributed by atoms with Crippen molar-refractivity contribution >= 4 is 40.3 Å². The number of carbonyl (C=O) groups excluding carboxylic acids is 1. The number of anilines is 3. The minimum absolute atomic E-state index is 0.00211. The van der Waals surface area contributed by atoms with Gasteiger partial charge in [0, 0.05) is 59.3 Å². The molecule has 0 radical (unpaired) electrons. The van der Waals surface area contributed by atoms with Gasteiger partial charge in [0.1, 0.15) is 0 Å². The first-order valence-electron chi connectivity index (χ1n) is 15.3. The van der Waals surface area contributed by atoms with Crippen LogP contribution in [0, 0.1) is 26.7 Å². The largest absolute Gasteiger partial charge is 0.378 e. The molecular formula is C35H40N6O2S. The highest BCUT2D eigenvalue weighted by molar-refractivity contribution is 7.80. The predicted molar refractivity (Wildman–Crippen MR) is 181 cm³/mol. The maximum atomic E-state index is 12.4. The summed E-state index contributed by atoms with van der Waals surface area (Å²) in [7, 11) is 0. The number of pyridine rings is 1. The van der Waals surface area contributed by atoms with Gasteiger partial charge < -0.3 is 29.7 Å². The summed E-state index contributed by atoms with van der Waals surface area (Å²) in [6.45, 7) is 13.5. The Morgan fingerprint density at radius 3 is 2.34 bits per heavy atom. The summed E-state index contributed by atoms with van der Waals surface area (Å²) < 4.78 is 7.86. The summed E-state index contributed by atoms with van der Waals surface area (Å²) in [6.07, 6.45) is 1.83. The van der Waals surface area contributed by atoms with Crippen molar-refractivity contribution in [3.05, 3.63) is 101 Å². The minimum Gasteiger partial charge on any atom is -0.378 e. The number of carbonyl (C=O) groups is 1. The Morgan fingerprint density at radius 1 is 0.977 bits per heavy atom. The lowest BCUT2D eigenvalue weighted by Crippen LogP contribution is -2.36. The van der Waals surface area contributed by atoms with Crippen LogP contribution in [0.2, 0.25) is 0 Å². The molecule has 2 atom stereocenters. The van der Waals surface area contributed by atoms with Crippen molar-refractivity contribution in [1.82, 2.24) is 14.9 Å². The highest BCUT2D eigenvalue weighted by Crippen LogP contribution is 2.44. The molecule has 0 aliphatic carbocycles. The SMILES string of the molecule is Cc1cc(N2C(=S)N[C@H](c3ccccn3)[C@@H]2c2cc(C)n(-c3ccc(N4CCOCC4)cc3)c2C)ccc1NC(=O)C(C)C. The molecule has 2 fully saturated rings. The molecule has 1 amide bonds. The second-order valence-electron chi connectivity index (χ2n) is 11.9. The summed E-state index contributed by atoms with van der Waals surface area (Å²) in [4.78, 5) is 21.7. The van der Waals surface area contributed by atoms with E-state index in [1.165, 1.54) is 11.3 Å². The third kappa shape index (κ3) is 5.69. The fraction of sp³-hybridized carbons (Fsp3) is 0.343. The Bertz CT molecular complexity index is 1660. The van der Waals surface area contributed by atoms with Gasteiger partial charge in [0.15, 0.2) is 5.11 Å². The normalized spacial score (nSPS) is 18.5. The lowest BCUT2D eigenvalue weighted by atomic mass is 9.96. The van der Waals surface area contributed by atoms with Gasteiger partial charge in [0.05, 0.1) is 31.0 Å². The molecule has 2 N–H and O–H groups in total. The highest BCUT2D eigenvalue weighted by atomic mass is 32.1. The second-order valence-corrected chi connectivity index (χ2v) is 12.3. The Balaban J connectivity index is 1.39. The number of hydrogen-bond donors (Lipinski definition) is 2.